The average molecular weight is 931 g/mol. The summed E-state index contributed by atoms with van der Waals surface area (Å²) in [5, 5.41) is 2.23. The average Bonchev–Trinajstić information content (AvgIpc) is 3.67. The molecule has 1 aliphatic heterocycles. The number of para-hydroxylation sites is 1. The zero-order valence-electron chi connectivity index (χ0n) is 34.6. The molecule has 0 radical (unpaired) electrons. The van der Waals surface area contributed by atoms with Gasteiger partial charge in [0.1, 0.15) is 5.82 Å². The third-order valence-corrected chi connectivity index (χ3v) is 11.4. The molecular weight excluding hydrogens is 880 g/mol. The van der Waals surface area contributed by atoms with E-state index in [9.17, 15) is 0 Å². The van der Waals surface area contributed by atoms with Crippen molar-refractivity contribution in [3.63, 3.8) is 0 Å². The standard InChI is InChI=1S/C51H51N4O.Pt/c1-34-35(2)54(33-53(34)40-20-16-19-37(27-40)49(3,4)5)41-28-39(50(6,7)8)29-43(31-41)56-42-23-24-45-44-21-14-15-22-46(44)55(47(45)32-42)48-30-38(25-26-52-48)51(9,10)36-17-12-11-13-18-36;/h11-30,33H,1-10H3;/q-3;. The number of hydrogen-bond acceptors (Lipinski definition) is 4. The van der Waals surface area contributed by atoms with E-state index < -0.39 is 0 Å². The maximum Gasteiger partial charge on any atom is 0.135 e. The van der Waals surface area contributed by atoms with Gasteiger partial charge in [0.25, 0.3) is 0 Å². The van der Waals surface area contributed by atoms with Crippen molar-refractivity contribution in [1.29, 1.82) is 0 Å². The van der Waals surface area contributed by atoms with Crippen LogP contribution in [-0.4, -0.2) is 9.55 Å². The Bertz CT molecular complexity index is 2620. The molecule has 0 saturated carbocycles. The molecule has 0 unspecified atom stereocenters. The number of benzene rings is 5. The summed E-state index contributed by atoms with van der Waals surface area (Å²) in [4.78, 5) is 9.43. The first-order valence-corrected chi connectivity index (χ1v) is 19.5. The van der Waals surface area contributed by atoms with Crippen molar-refractivity contribution in [3.05, 3.63) is 174 Å². The van der Waals surface area contributed by atoms with Crippen LogP contribution in [0, 0.1) is 18.8 Å². The molecule has 0 N–H and O–H groups in total. The van der Waals surface area contributed by atoms with Crippen molar-refractivity contribution in [2.75, 3.05) is 9.80 Å². The quantitative estimate of drug-likeness (QED) is 0.149. The number of aromatic nitrogens is 2. The molecule has 0 atom stereocenters. The van der Waals surface area contributed by atoms with Crippen molar-refractivity contribution in [1.82, 2.24) is 9.55 Å². The number of anilines is 2. The molecule has 2 aromatic heterocycles. The summed E-state index contributed by atoms with van der Waals surface area (Å²) in [6.45, 7) is 24.5. The van der Waals surface area contributed by atoms with Gasteiger partial charge in [0, 0.05) is 66.8 Å². The van der Waals surface area contributed by atoms with E-state index in [0.717, 1.165) is 50.3 Å². The van der Waals surface area contributed by atoms with Gasteiger partial charge in [-0.2, -0.15) is 6.07 Å². The van der Waals surface area contributed by atoms with Crippen LogP contribution in [0.5, 0.6) is 11.5 Å². The largest absolute Gasteiger partial charge is 0.509 e. The molecular formula is C51H51N4OPt-3. The topological polar surface area (TPSA) is 33.5 Å². The normalized spacial score (nSPS) is 13.8. The second kappa shape index (κ2) is 15.0. The Morgan fingerprint density at radius 2 is 1.26 bits per heavy atom. The predicted octanol–water partition coefficient (Wildman–Crippen LogP) is 13.2. The van der Waals surface area contributed by atoms with Crippen LogP contribution in [0.3, 0.4) is 0 Å². The van der Waals surface area contributed by atoms with Crippen LogP contribution >= 0.6 is 0 Å². The van der Waals surface area contributed by atoms with Gasteiger partial charge in [0.2, 0.25) is 0 Å². The van der Waals surface area contributed by atoms with Gasteiger partial charge in [0.15, 0.2) is 0 Å². The number of pyridine rings is 1. The van der Waals surface area contributed by atoms with Gasteiger partial charge in [-0.15, -0.1) is 53.6 Å². The third-order valence-electron chi connectivity index (χ3n) is 11.4. The molecule has 8 rings (SSSR count). The first-order chi connectivity index (χ1) is 26.6. The molecule has 1 aliphatic rings. The Morgan fingerprint density at radius 1 is 0.579 bits per heavy atom. The van der Waals surface area contributed by atoms with Crippen LogP contribution in [0.15, 0.2) is 133 Å². The summed E-state index contributed by atoms with van der Waals surface area (Å²) >= 11 is 0. The van der Waals surface area contributed by atoms with E-state index in [1.807, 2.05) is 12.3 Å². The summed E-state index contributed by atoms with van der Waals surface area (Å²) in [6.07, 6.45) is 1.92. The van der Waals surface area contributed by atoms with Crippen LogP contribution in [0.2, 0.25) is 0 Å². The first kappa shape index (κ1) is 40.1. The van der Waals surface area contributed by atoms with Crippen molar-refractivity contribution < 1.29 is 25.8 Å². The van der Waals surface area contributed by atoms with Gasteiger partial charge in [0.05, 0.1) is 0 Å². The number of allylic oxidation sites excluding steroid dienone is 2. The zero-order valence-corrected chi connectivity index (χ0v) is 36.9. The molecule has 6 heteroatoms. The Balaban J connectivity index is 0.00000496. The smallest absolute Gasteiger partial charge is 0.135 e. The molecule has 0 spiro atoms. The van der Waals surface area contributed by atoms with Crippen molar-refractivity contribution >= 4 is 33.2 Å². The van der Waals surface area contributed by atoms with Gasteiger partial charge in [-0.1, -0.05) is 122 Å². The van der Waals surface area contributed by atoms with E-state index in [4.69, 9.17) is 9.72 Å². The summed E-state index contributed by atoms with van der Waals surface area (Å²) in [5.74, 6) is 2.10. The van der Waals surface area contributed by atoms with E-state index >= 15 is 0 Å². The van der Waals surface area contributed by atoms with Crippen molar-refractivity contribution in [2.24, 2.45) is 0 Å². The first-order valence-electron chi connectivity index (χ1n) is 19.5. The number of ether oxygens (including phenoxy) is 1. The Hall–Kier alpha value is -5.12. The van der Waals surface area contributed by atoms with Crippen LogP contribution in [0.25, 0.3) is 27.6 Å². The number of nitrogens with zero attached hydrogens (tertiary/aromatic N) is 4. The molecule has 0 fully saturated rings. The van der Waals surface area contributed by atoms with Gasteiger partial charge < -0.3 is 19.1 Å². The van der Waals surface area contributed by atoms with E-state index in [1.54, 1.807) is 0 Å². The number of fused-ring (bicyclic) bond motifs is 3. The van der Waals surface area contributed by atoms with Crippen LogP contribution in [0.4, 0.5) is 11.4 Å². The SMILES string of the molecule is CC1=C(C)N(c2cccc(C(C)(C)C)c2)[CH-]N1c1[c-]c(Oc2[c-]c3c(cc2)c2ccccc2n3-c2cc(C(C)(C)c3ccccc3)ccn2)cc(C(C)(C)C)c1.[Pt]. The van der Waals surface area contributed by atoms with Crippen LogP contribution < -0.4 is 14.5 Å². The Morgan fingerprint density at radius 3 is 2.00 bits per heavy atom. The molecule has 5 nitrogen and oxygen atoms in total. The second-order valence-electron chi connectivity index (χ2n) is 17.6. The minimum atomic E-state index is -0.215. The maximum absolute atomic E-state index is 6.76. The second-order valence-corrected chi connectivity index (χ2v) is 17.6. The Labute approximate surface area is 353 Å². The number of hydrogen-bond donors (Lipinski definition) is 0. The van der Waals surface area contributed by atoms with Gasteiger partial charge in [-0.05, 0) is 77.1 Å². The van der Waals surface area contributed by atoms with E-state index in [0.29, 0.717) is 11.5 Å². The fourth-order valence-electron chi connectivity index (χ4n) is 7.65. The molecule has 7 aromatic rings. The summed E-state index contributed by atoms with van der Waals surface area (Å²) in [6, 6.07) is 48.1. The minimum absolute atomic E-state index is 0. The van der Waals surface area contributed by atoms with Gasteiger partial charge in [-0.3, -0.25) is 0 Å². The zero-order chi connectivity index (χ0) is 39.6. The number of rotatable bonds is 7. The molecule has 0 saturated heterocycles. The summed E-state index contributed by atoms with van der Waals surface area (Å²) < 4.78 is 8.97. The fourth-order valence-corrected chi connectivity index (χ4v) is 7.65. The van der Waals surface area contributed by atoms with Gasteiger partial charge >= 0.3 is 0 Å². The van der Waals surface area contributed by atoms with E-state index in [-0.39, 0.29) is 37.3 Å². The maximum atomic E-state index is 6.76. The third kappa shape index (κ3) is 7.55. The van der Waals surface area contributed by atoms with Crippen LogP contribution in [0.1, 0.15) is 91.5 Å². The van der Waals surface area contributed by atoms with E-state index in [1.165, 1.54) is 22.4 Å². The predicted molar refractivity (Wildman–Crippen MR) is 233 cm³/mol. The van der Waals surface area contributed by atoms with Crippen molar-refractivity contribution in [3.8, 4) is 17.3 Å². The molecule has 3 heterocycles. The Kier molecular flexibility index (Phi) is 10.5. The summed E-state index contributed by atoms with van der Waals surface area (Å²) in [5.41, 5.74) is 11.0. The summed E-state index contributed by atoms with van der Waals surface area (Å²) in [7, 11) is 0. The fraction of sp³-hybridized carbons (Fsp3) is 0.255. The molecule has 294 valence electrons. The molecule has 0 bridgehead atoms. The van der Waals surface area contributed by atoms with Crippen LogP contribution in [-0.2, 0) is 37.3 Å². The monoisotopic (exact) mass is 930 g/mol. The molecule has 57 heavy (non-hydrogen) atoms. The molecule has 0 amide bonds. The van der Waals surface area contributed by atoms with E-state index in [2.05, 4.69) is 212 Å². The van der Waals surface area contributed by atoms with Crippen molar-refractivity contribution in [2.45, 2.75) is 85.5 Å². The minimum Gasteiger partial charge on any atom is -0.509 e. The molecule has 5 aromatic carbocycles. The van der Waals surface area contributed by atoms with Gasteiger partial charge in [-0.25, -0.2) is 4.98 Å². The molecule has 0 aliphatic carbocycles.